The van der Waals surface area contributed by atoms with E-state index in [0.717, 1.165) is 88.2 Å². The zero-order chi connectivity index (χ0) is 20.0. The normalized spacial score (nSPS) is 15.3. The molecule has 28 heavy (non-hydrogen) atoms. The predicted octanol–water partition coefficient (Wildman–Crippen LogP) is 2.24. The minimum atomic E-state index is 0.657. The zero-order valence-corrected chi connectivity index (χ0v) is 17.5. The topological polar surface area (TPSA) is 73.3 Å². The Morgan fingerprint density at radius 3 is 2.64 bits per heavy atom. The molecule has 0 bridgehead atoms. The van der Waals surface area contributed by atoms with E-state index < -0.39 is 0 Å². The van der Waals surface area contributed by atoms with Crippen LogP contribution in [0.15, 0.2) is 23.2 Å². The summed E-state index contributed by atoms with van der Waals surface area (Å²) in [4.78, 5) is 4.27. The Balaban J connectivity index is 1.59. The average molecular weight is 394 g/mol. The van der Waals surface area contributed by atoms with Crippen LogP contribution in [-0.4, -0.2) is 66.7 Å². The van der Waals surface area contributed by atoms with E-state index in [4.69, 9.17) is 18.9 Å². The smallest absolute Gasteiger partial charge is 0.190 e. The van der Waals surface area contributed by atoms with Crippen molar-refractivity contribution >= 4 is 5.96 Å². The lowest BCUT2D eigenvalue weighted by atomic mass is 10.0. The maximum absolute atomic E-state index is 5.79. The lowest BCUT2D eigenvalue weighted by Gasteiger charge is -2.21. The summed E-state index contributed by atoms with van der Waals surface area (Å²) in [5.41, 5.74) is 1.10. The summed E-state index contributed by atoms with van der Waals surface area (Å²) in [6.07, 6.45) is 4.00. The Kier molecular flexibility index (Phi) is 10.5. The number of hydrogen-bond donors (Lipinski definition) is 2. The summed E-state index contributed by atoms with van der Waals surface area (Å²) >= 11 is 0. The summed E-state index contributed by atoms with van der Waals surface area (Å²) in [7, 11) is 5.13. The highest BCUT2D eigenvalue weighted by Crippen LogP contribution is 2.24. The summed E-state index contributed by atoms with van der Waals surface area (Å²) in [5.74, 6) is 3.15. The molecule has 0 aromatic heterocycles. The first-order chi connectivity index (χ1) is 13.8. The number of nitrogens with zero attached hydrogens (tertiary/aromatic N) is 1. The molecule has 2 rings (SSSR count). The first kappa shape index (κ1) is 22.3. The van der Waals surface area contributed by atoms with Crippen LogP contribution >= 0.6 is 0 Å². The Bertz CT molecular complexity index is 589. The molecular formula is C21H35N3O4. The van der Waals surface area contributed by atoms with Gasteiger partial charge >= 0.3 is 0 Å². The molecule has 1 saturated heterocycles. The lowest BCUT2D eigenvalue weighted by Crippen LogP contribution is -2.39. The van der Waals surface area contributed by atoms with Gasteiger partial charge in [0.25, 0.3) is 0 Å². The molecule has 1 fully saturated rings. The van der Waals surface area contributed by atoms with Crippen LogP contribution in [0.5, 0.6) is 11.5 Å². The van der Waals surface area contributed by atoms with E-state index in [1.807, 2.05) is 18.2 Å². The highest BCUT2D eigenvalue weighted by molar-refractivity contribution is 5.79. The summed E-state index contributed by atoms with van der Waals surface area (Å²) in [6, 6.07) is 5.84. The van der Waals surface area contributed by atoms with Gasteiger partial charge in [-0.3, -0.25) is 4.99 Å². The molecular weight excluding hydrogens is 358 g/mol. The van der Waals surface area contributed by atoms with E-state index in [-0.39, 0.29) is 0 Å². The molecule has 0 spiro atoms. The third-order valence-corrected chi connectivity index (χ3v) is 4.85. The molecule has 0 saturated carbocycles. The van der Waals surface area contributed by atoms with Crippen LogP contribution in [0.1, 0.15) is 24.8 Å². The fourth-order valence-corrected chi connectivity index (χ4v) is 3.16. The molecule has 0 unspecified atom stereocenters. The fraction of sp³-hybridized carbons (Fsp3) is 0.667. The molecule has 1 aliphatic rings. The molecule has 0 atom stereocenters. The van der Waals surface area contributed by atoms with E-state index in [9.17, 15) is 0 Å². The number of methoxy groups -OCH3 is 2. The molecule has 1 heterocycles. The van der Waals surface area contributed by atoms with Crippen molar-refractivity contribution in [3.63, 3.8) is 0 Å². The average Bonchev–Trinajstić information content (AvgIpc) is 2.75. The van der Waals surface area contributed by atoms with Crippen molar-refractivity contribution in [1.82, 2.24) is 10.6 Å². The third-order valence-electron chi connectivity index (χ3n) is 4.85. The first-order valence-corrected chi connectivity index (χ1v) is 10.1. The quantitative estimate of drug-likeness (QED) is 0.341. The molecule has 1 aliphatic heterocycles. The van der Waals surface area contributed by atoms with Gasteiger partial charge in [0.2, 0.25) is 0 Å². The van der Waals surface area contributed by atoms with Crippen LogP contribution in [-0.2, 0) is 15.9 Å². The third kappa shape index (κ3) is 7.94. The minimum Gasteiger partial charge on any atom is -0.497 e. The van der Waals surface area contributed by atoms with E-state index in [0.29, 0.717) is 5.92 Å². The number of aliphatic imine (C=N–C) groups is 1. The lowest BCUT2D eigenvalue weighted by molar-refractivity contribution is 0.0203. The summed E-state index contributed by atoms with van der Waals surface area (Å²) < 4.78 is 21.9. The standard InChI is InChI=1S/C21H35N3O4/c1-22-21(23-10-4-12-28-16-17-8-13-27-14-9-17)24-11-7-18-15-19(25-2)5-6-20(18)26-3/h5-6,15,17H,4,7-14,16H2,1-3H3,(H2,22,23,24). The van der Waals surface area contributed by atoms with Crippen LogP contribution in [0.4, 0.5) is 0 Å². The Labute approximate surface area is 168 Å². The van der Waals surface area contributed by atoms with Crippen LogP contribution < -0.4 is 20.1 Å². The van der Waals surface area contributed by atoms with E-state index in [1.54, 1.807) is 21.3 Å². The van der Waals surface area contributed by atoms with Gasteiger partial charge < -0.3 is 29.6 Å². The molecule has 7 nitrogen and oxygen atoms in total. The van der Waals surface area contributed by atoms with Gasteiger partial charge in [-0.25, -0.2) is 0 Å². The van der Waals surface area contributed by atoms with Crippen molar-refractivity contribution in [3.05, 3.63) is 23.8 Å². The summed E-state index contributed by atoms with van der Waals surface area (Å²) in [5, 5.41) is 6.67. The Morgan fingerprint density at radius 2 is 1.93 bits per heavy atom. The fourth-order valence-electron chi connectivity index (χ4n) is 3.16. The van der Waals surface area contributed by atoms with Crippen molar-refractivity contribution in [2.75, 3.05) is 60.8 Å². The van der Waals surface area contributed by atoms with Gasteiger partial charge in [-0.15, -0.1) is 0 Å². The molecule has 7 heteroatoms. The van der Waals surface area contributed by atoms with Gasteiger partial charge in [-0.05, 0) is 55.4 Å². The Hall–Kier alpha value is -1.99. The van der Waals surface area contributed by atoms with Gasteiger partial charge in [-0.1, -0.05) is 0 Å². The second kappa shape index (κ2) is 13.2. The van der Waals surface area contributed by atoms with Crippen LogP contribution in [0.3, 0.4) is 0 Å². The number of hydrogen-bond acceptors (Lipinski definition) is 5. The molecule has 1 aromatic carbocycles. The van der Waals surface area contributed by atoms with Crippen LogP contribution in [0.2, 0.25) is 0 Å². The predicted molar refractivity (Wildman–Crippen MR) is 112 cm³/mol. The Morgan fingerprint density at radius 1 is 1.14 bits per heavy atom. The van der Waals surface area contributed by atoms with Crippen molar-refractivity contribution in [1.29, 1.82) is 0 Å². The summed E-state index contributed by atoms with van der Waals surface area (Å²) in [6.45, 7) is 4.94. The second-order valence-electron chi connectivity index (χ2n) is 6.84. The maximum atomic E-state index is 5.79. The number of ether oxygens (including phenoxy) is 4. The molecule has 1 aromatic rings. The van der Waals surface area contributed by atoms with E-state index in [1.165, 1.54) is 0 Å². The maximum Gasteiger partial charge on any atom is 0.190 e. The highest BCUT2D eigenvalue weighted by Gasteiger charge is 2.13. The van der Waals surface area contributed by atoms with Gasteiger partial charge in [-0.2, -0.15) is 0 Å². The van der Waals surface area contributed by atoms with Crippen molar-refractivity contribution in [2.24, 2.45) is 10.9 Å². The van der Waals surface area contributed by atoms with Crippen molar-refractivity contribution in [2.45, 2.75) is 25.7 Å². The highest BCUT2D eigenvalue weighted by atomic mass is 16.5. The van der Waals surface area contributed by atoms with Gasteiger partial charge in [0.05, 0.1) is 14.2 Å². The molecule has 0 radical (unpaired) electrons. The number of nitrogens with one attached hydrogen (secondary N) is 2. The van der Waals surface area contributed by atoms with Crippen LogP contribution in [0.25, 0.3) is 0 Å². The molecule has 2 N–H and O–H groups in total. The van der Waals surface area contributed by atoms with Crippen molar-refractivity contribution in [3.8, 4) is 11.5 Å². The number of benzene rings is 1. The minimum absolute atomic E-state index is 0.657. The SMILES string of the molecule is CN=C(NCCCOCC1CCOCC1)NCCc1cc(OC)ccc1OC. The molecule has 158 valence electrons. The molecule has 0 aliphatic carbocycles. The zero-order valence-electron chi connectivity index (χ0n) is 17.5. The molecule has 0 amide bonds. The number of guanidine groups is 1. The van der Waals surface area contributed by atoms with E-state index >= 15 is 0 Å². The monoisotopic (exact) mass is 393 g/mol. The van der Waals surface area contributed by atoms with Gasteiger partial charge in [0.1, 0.15) is 11.5 Å². The van der Waals surface area contributed by atoms with E-state index in [2.05, 4.69) is 15.6 Å². The first-order valence-electron chi connectivity index (χ1n) is 10.1. The van der Waals surface area contributed by atoms with Gasteiger partial charge in [0.15, 0.2) is 5.96 Å². The largest absolute Gasteiger partial charge is 0.497 e. The van der Waals surface area contributed by atoms with Crippen LogP contribution in [0, 0.1) is 5.92 Å². The second-order valence-corrected chi connectivity index (χ2v) is 6.84. The van der Waals surface area contributed by atoms with Gasteiger partial charge in [0, 0.05) is 46.6 Å². The van der Waals surface area contributed by atoms with Crippen molar-refractivity contribution < 1.29 is 18.9 Å². The number of rotatable bonds is 11.